The fraction of sp³-hybridized carbons (Fsp3) is 0.727. The van der Waals surface area contributed by atoms with Gasteiger partial charge in [-0.05, 0) is 62.5 Å². The molecule has 0 radical (unpaired) electrons. The summed E-state index contributed by atoms with van der Waals surface area (Å²) in [5.41, 5.74) is 0.266. The van der Waals surface area contributed by atoms with E-state index in [1.54, 1.807) is 13.0 Å². The number of rotatable bonds is 4. The molecule has 0 bridgehead atoms. The Labute approximate surface area is 165 Å². The van der Waals surface area contributed by atoms with E-state index in [0.29, 0.717) is 37.9 Å². The Bertz CT molecular complexity index is 679. The molecule has 1 aromatic carbocycles. The lowest BCUT2D eigenvalue weighted by Gasteiger charge is -2.42. The SMILES string of the molecule is CCOc1ccc(C2CCC(C3CCC4(CC3)OCCO4)CC2O)c(F)c1F. The maximum atomic E-state index is 14.6. The van der Waals surface area contributed by atoms with E-state index in [4.69, 9.17) is 14.2 Å². The number of aliphatic hydroxyl groups excluding tert-OH is 1. The summed E-state index contributed by atoms with van der Waals surface area (Å²) in [4.78, 5) is 0. The van der Waals surface area contributed by atoms with Crippen LogP contribution in [0, 0.1) is 23.5 Å². The molecule has 1 N–H and O–H groups in total. The molecule has 3 atom stereocenters. The Morgan fingerprint density at radius 2 is 1.75 bits per heavy atom. The molecule has 4 rings (SSSR count). The number of benzene rings is 1. The summed E-state index contributed by atoms with van der Waals surface area (Å²) in [5.74, 6) is -1.69. The van der Waals surface area contributed by atoms with Gasteiger partial charge >= 0.3 is 0 Å². The lowest BCUT2D eigenvalue weighted by molar-refractivity contribution is -0.185. The van der Waals surface area contributed by atoms with Gasteiger partial charge in [-0.2, -0.15) is 4.39 Å². The van der Waals surface area contributed by atoms with E-state index in [2.05, 4.69) is 0 Å². The molecule has 3 aliphatic rings. The summed E-state index contributed by atoms with van der Waals surface area (Å²) in [6, 6.07) is 3.04. The molecule has 28 heavy (non-hydrogen) atoms. The van der Waals surface area contributed by atoms with Crippen LogP contribution >= 0.6 is 0 Å². The average molecular weight is 396 g/mol. The molecule has 1 saturated heterocycles. The van der Waals surface area contributed by atoms with Gasteiger partial charge in [-0.3, -0.25) is 0 Å². The molecule has 0 amide bonds. The van der Waals surface area contributed by atoms with E-state index in [1.807, 2.05) is 0 Å². The molecule has 6 heteroatoms. The van der Waals surface area contributed by atoms with Crippen LogP contribution in [-0.4, -0.2) is 36.8 Å². The lowest BCUT2D eigenvalue weighted by Crippen LogP contribution is -2.39. The predicted molar refractivity (Wildman–Crippen MR) is 100 cm³/mol. The molecular formula is C22H30F2O4. The minimum atomic E-state index is -0.956. The number of halogens is 2. The van der Waals surface area contributed by atoms with Crippen molar-refractivity contribution in [3.63, 3.8) is 0 Å². The molecule has 0 aromatic heterocycles. The lowest BCUT2D eigenvalue weighted by atomic mass is 9.68. The summed E-state index contributed by atoms with van der Waals surface area (Å²) >= 11 is 0. The second kappa shape index (κ2) is 8.25. The standard InChI is InChI=1S/C22H30F2O4/c1-2-26-19-6-5-17(20(23)21(19)24)16-4-3-15(13-18(16)25)14-7-9-22(10-8-14)27-11-12-28-22/h5-6,14-16,18,25H,2-4,7-13H2,1H3. The van der Waals surface area contributed by atoms with Gasteiger partial charge in [-0.25, -0.2) is 4.39 Å². The Balaban J connectivity index is 1.39. The van der Waals surface area contributed by atoms with E-state index < -0.39 is 17.7 Å². The Morgan fingerprint density at radius 1 is 1.04 bits per heavy atom. The zero-order valence-electron chi connectivity index (χ0n) is 16.5. The minimum absolute atomic E-state index is 0.0700. The maximum Gasteiger partial charge on any atom is 0.200 e. The summed E-state index contributed by atoms with van der Waals surface area (Å²) in [6.45, 7) is 3.37. The molecule has 3 unspecified atom stereocenters. The molecule has 156 valence electrons. The van der Waals surface area contributed by atoms with Crippen molar-refractivity contribution in [2.24, 2.45) is 11.8 Å². The van der Waals surface area contributed by atoms with Gasteiger partial charge in [-0.15, -0.1) is 0 Å². The van der Waals surface area contributed by atoms with Gasteiger partial charge in [-0.1, -0.05) is 6.07 Å². The molecule has 2 saturated carbocycles. The highest BCUT2D eigenvalue weighted by molar-refractivity contribution is 5.34. The third kappa shape index (κ3) is 3.79. The molecule has 2 aliphatic carbocycles. The number of aliphatic hydroxyl groups is 1. The quantitative estimate of drug-likeness (QED) is 0.812. The largest absolute Gasteiger partial charge is 0.491 e. The highest BCUT2D eigenvalue weighted by Crippen LogP contribution is 2.47. The Morgan fingerprint density at radius 3 is 2.39 bits per heavy atom. The van der Waals surface area contributed by atoms with Crippen LogP contribution in [0.2, 0.25) is 0 Å². The van der Waals surface area contributed by atoms with Crippen LogP contribution in [-0.2, 0) is 9.47 Å². The van der Waals surface area contributed by atoms with Gasteiger partial charge in [0.1, 0.15) is 0 Å². The zero-order valence-corrected chi connectivity index (χ0v) is 16.5. The van der Waals surface area contributed by atoms with Crippen molar-refractivity contribution >= 4 is 0 Å². The van der Waals surface area contributed by atoms with Crippen molar-refractivity contribution in [3.8, 4) is 5.75 Å². The van der Waals surface area contributed by atoms with Crippen LogP contribution in [0.4, 0.5) is 8.78 Å². The Hall–Kier alpha value is -1.24. The van der Waals surface area contributed by atoms with Crippen molar-refractivity contribution in [1.82, 2.24) is 0 Å². The van der Waals surface area contributed by atoms with Crippen molar-refractivity contribution in [2.45, 2.75) is 69.7 Å². The van der Waals surface area contributed by atoms with Gasteiger partial charge in [0.2, 0.25) is 5.82 Å². The molecule has 1 spiro atoms. The number of ether oxygens (including phenoxy) is 3. The van der Waals surface area contributed by atoms with E-state index in [9.17, 15) is 13.9 Å². The fourth-order valence-corrected chi connectivity index (χ4v) is 5.41. The molecule has 3 fully saturated rings. The van der Waals surface area contributed by atoms with Gasteiger partial charge in [0.25, 0.3) is 0 Å². The third-order valence-electron chi connectivity index (χ3n) is 6.91. The summed E-state index contributed by atoms with van der Waals surface area (Å²) < 4.78 is 45.5. The first kappa shape index (κ1) is 20.0. The van der Waals surface area contributed by atoms with Crippen molar-refractivity contribution in [3.05, 3.63) is 29.3 Å². The van der Waals surface area contributed by atoms with Gasteiger partial charge in [0.05, 0.1) is 25.9 Å². The van der Waals surface area contributed by atoms with E-state index in [1.165, 1.54) is 6.07 Å². The maximum absolute atomic E-state index is 14.6. The first-order valence-corrected chi connectivity index (χ1v) is 10.6. The molecule has 1 heterocycles. The van der Waals surface area contributed by atoms with E-state index >= 15 is 0 Å². The normalized spacial score (nSPS) is 30.6. The van der Waals surface area contributed by atoms with E-state index in [-0.39, 0.29) is 29.6 Å². The third-order valence-corrected chi connectivity index (χ3v) is 6.91. The van der Waals surface area contributed by atoms with Crippen LogP contribution in [0.1, 0.15) is 63.4 Å². The van der Waals surface area contributed by atoms with Gasteiger partial charge < -0.3 is 19.3 Å². The molecular weight excluding hydrogens is 366 g/mol. The summed E-state index contributed by atoms with van der Waals surface area (Å²) in [6.07, 6.45) is 5.47. The number of hydrogen-bond acceptors (Lipinski definition) is 4. The van der Waals surface area contributed by atoms with Gasteiger partial charge in [0.15, 0.2) is 17.4 Å². The second-order valence-electron chi connectivity index (χ2n) is 8.41. The van der Waals surface area contributed by atoms with Crippen LogP contribution in [0.15, 0.2) is 12.1 Å². The van der Waals surface area contributed by atoms with E-state index in [0.717, 1.165) is 32.1 Å². The average Bonchev–Trinajstić information content (AvgIpc) is 3.15. The van der Waals surface area contributed by atoms with Crippen molar-refractivity contribution in [1.29, 1.82) is 0 Å². The topological polar surface area (TPSA) is 47.9 Å². The second-order valence-corrected chi connectivity index (χ2v) is 8.41. The summed E-state index contributed by atoms with van der Waals surface area (Å²) in [5, 5.41) is 10.7. The van der Waals surface area contributed by atoms with Crippen LogP contribution < -0.4 is 4.74 Å². The smallest absolute Gasteiger partial charge is 0.200 e. The predicted octanol–water partition coefficient (Wildman–Crippen LogP) is 4.54. The van der Waals surface area contributed by atoms with Crippen molar-refractivity contribution in [2.75, 3.05) is 19.8 Å². The first-order valence-electron chi connectivity index (χ1n) is 10.6. The number of hydrogen-bond donors (Lipinski definition) is 1. The first-order chi connectivity index (χ1) is 13.5. The van der Waals surface area contributed by atoms with Crippen LogP contribution in [0.25, 0.3) is 0 Å². The highest BCUT2D eigenvalue weighted by atomic mass is 19.2. The molecule has 1 aromatic rings. The van der Waals surface area contributed by atoms with Gasteiger partial charge in [0, 0.05) is 18.8 Å². The Kier molecular flexibility index (Phi) is 5.91. The monoisotopic (exact) mass is 396 g/mol. The highest BCUT2D eigenvalue weighted by Gasteiger charge is 2.43. The minimum Gasteiger partial charge on any atom is -0.491 e. The molecule has 1 aliphatic heterocycles. The zero-order chi connectivity index (χ0) is 19.7. The molecule has 4 nitrogen and oxygen atoms in total. The van der Waals surface area contributed by atoms with Crippen LogP contribution in [0.5, 0.6) is 5.75 Å². The fourth-order valence-electron chi connectivity index (χ4n) is 5.41. The van der Waals surface area contributed by atoms with Crippen LogP contribution in [0.3, 0.4) is 0 Å². The summed E-state index contributed by atoms with van der Waals surface area (Å²) in [7, 11) is 0. The van der Waals surface area contributed by atoms with Crippen molar-refractivity contribution < 1.29 is 28.1 Å².